The zero-order valence-corrected chi connectivity index (χ0v) is 26.9. The molecule has 1 aliphatic carbocycles. The van der Waals surface area contributed by atoms with E-state index in [9.17, 15) is 14.0 Å². The standard InChI is InChI=1S/C33H49F2N3O3.ClH/c1-31(2,3)37-16-13-26(27(20-37)25-12-11-24(34)19-28(25)35)29(39)36-17-14-33(15-18-36,23-9-7-6-8-10-23)21-38-30(40)41-22-32(38,4)5;/h11-12,19,23,26-27H,6-10,13-18,20-22H2,1-5H3;1H/t26?,27-;/m1./s1. The van der Waals surface area contributed by atoms with Crippen LogP contribution in [0.4, 0.5) is 13.6 Å². The topological polar surface area (TPSA) is 53.1 Å². The molecule has 6 nitrogen and oxygen atoms in total. The maximum atomic E-state index is 15.1. The lowest BCUT2D eigenvalue weighted by molar-refractivity contribution is -0.142. The summed E-state index contributed by atoms with van der Waals surface area (Å²) in [5, 5.41) is 0. The minimum Gasteiger partial charge on any atom is -0.447 e. The second-order valence-electron chi connectivity index (χ2n) is 14.8. The van der Waals surface area contributed by atoms with Gasteiger partial charge in [0.05, 0.1) is 5.54 Å². The fourth-order valence-electron chi connectivity index (χ4n) is 8.03. The molecule has 2 amide bonds. The molecule has 9 heteroatoms. The summed E-state index contributed by atoms with van der Waals surface area (Å²) in [5.74, 6) is -1.22. The van der Waals surface area contributed by atoms with Crippen LogP contribution in [-0.4, -0.2) is 77.1 Å². The summed E-state index contributed by atoms with van der Waals surface area (Å²) in [5.41, 5.74) is -0.0467. The van der Waals surface area contributed by atoms with Crippen molar-refractivity contribution >= 4 is 24.4 Å². The highest BCUT2D eigenvalue weighted by Crippen LogP contribution is 2.48. The minimum absolute atomic E-state index is 0. The maximum Gasteiger partial charge on any atom is 0.410 e. The zero-order chi connectivity index (χ0) is 29.6. The summed E-state index contributed by atoms with van der Waals surface area (Å²) in [6.07, 6.45) is 8.21. The van der Waals surface area contributed by atoms with Crippen molar-refractivity contribution in [2.45, 2.75) is 103 Å². The Kier molecular flexibility index (Phi) is 9.88. The number of likely N-dealkylation sites (tertiary alicyclic amines) is 2. The molecule has 1 aromatic rings. The highest BCUT2D eigenvalue weighted by molar-refractivity contribution is 5.85. The van der Waals surface area contributed by atoms with E-state index in [0.717, 1.165) is 25.5 Å². The molecule has 0 spiro atoms. The summed E-state index contributed by atoms with van der Waals surface area (Å²) in [6.45, 7) is 14.3. The monoisotopic (exact) mass is 609 g/mol. The molecule has 3 heterocycles. The molecule has 1 unspecified atom stereocenters. The predicted octanol–water partition coefficient (Wildman–Crippen LogP) is 7.01. The molecule has 4 aliphatic rings. The predicted molar refractivity (Wildman–Crippen MR) is 163 cm³/mol. The molecule has 4 fully saturated rings. The molecule has 1 saturated carbocycles. The van der Waals surface area contributed by atoms with Crippen molar-refractivity contribution in [3.05, 3.63) is 35.4 Å². The van der Waals surface area contributed by atoms with Gasteiger partial charge in [-0.15, -0.1) is 12.4 Å². The van der Waals surface area contributed by atoms with Crippen molar-refractivity contribution in [2.75, 3.05) is 39.3 Å². The number of benzene rings is 1. The average molecular weight is 610 g/mol. The molecule has 2 atom stereocenters. The van der Waals surface area contributed by atoms with Gasteiger partial charge in [-0.25, -0.2) is 13.6 Å². The summed E-state index contributed by atoms with van der Waals surface area (Å²) in [7, 11) is 0. The number of rotatable bonds is 5. The van der Waals surface area contributed by atoms with Crippen LogP contribution in [0.3, 0.4) is 0 Å². The highest BCUT2D eigenvalue weighted by Gasteiger charge is 2.50. The van der Waals surface area contributed by atoms with Crippen molar-refractivity contribution in [2.24, 2.45) is 17.3 Å². The Hall–Kier alpha value is -1.93. The van der Waals surface area contributed by atoms with Crippen LogP contribution in [0.1, 0.15) is 97.5 Å². The normalized spacial score (nSPS) is 27.0. The Labute approximate surface area is 256 Å². The van der Waals surface area contributed by atoms with E-state index in [1.807, 2.05) is 9.80 Å². The number of carbonyl (C=O) groups is 2. The Morgan fingerprint density at radius 2 is 1.69 bits per heavy atom. The first-order valence-corrected chi connectivity index (χ1v) is 15.7. The zero-order valence-electron chi connectivity index (χ0n) is 26.1. The molecule has 0 bridgehead atoms. The fourth-order valence-corrected chi connectivity index (χ4v) is 8.03. The van der Waals surface area contributed by atoms with Gasteiger partial charge in [-0.05, 0) is 96.2 Å². The molecule has 42 heavy (non-hydrogen) atoms. The van der Waals surface area contributed by atoms with Crippen LogP contribution in [0.5, 0.6) is 0 Å². The van der Waals surface area contributed by atoms with E-state index in [1.54, 1.807) is 0 Å². The van der Waals surface area contributed by atoms with Crippen molar-refractivity contribution < 1.29 is 23.1 Å². The average Bonchev–Trinajstić information content (AvgIpc) is 3.19. The van der Waals surface area contributed by atoms with Crippen LogP contribution in [-0.2, 0) is 9.53 Å². The van der Waals surface area contributed by atoms with E-state index < -0.39 is 11.6 Å². The molecular formula is C33H50ClF2N3O3. The Balaban J connectivity index is 0.00000405. The molecule has 236 valence electrons. The third-order valence-electron chi connectivity index (χ3n) is 10.8. The molecule has 3 aliphatic heterocycles. The number of piperidine rings is 2. The largest absolute Gasteiger partial charge is 0.447 e. The Bertz CT molecular complexity index is 1130. The summed E-state index contributed by atoms with van der Waals surface area (Å²) in [6, 6.07) is 3.78. The molecule has 3 saturated heterocycles. The van der Waals surface area contributed by atoms with Crippen molar-refractivity contribution in [3.8, 4) is 0 Å². The minimum atomic E-state index is -0.599. The van der Waals surface area contributed by atoms with Crippen LogP contribution in [0.2, 0.25) is 0 Å². The third kappa shape index (κ3) is 6.59. The van der Waals surface area contributed by atoms with Crippen LogP contribution >= 0.6 is 12.4 Å². The van der Waals surface area contributed by atoms with E-state index in [4.69, 9.17) is 4.74 Å². The summed E-state index contributed by atoms with van der Waals surface area (Å²) < 4.78 is 34.4. The summed E-state index contributed by atoms with van der Waals surface area (Å²) >= 11 is 0. The van der Waals surface area contributed by atoms with Gasteiger partial charge in [0, 0.05) is 49.6 Å². The van der Waals surface area contributed by atoms with Crippen molar-refractivity contribution in [1.29, 1.82) is 0 Å². The number of amides is 2. The van der Waals surface area contributed by atoms with Crippen LogP contribution in [0.25, 0.3) is 0 Å². The van der Waals surface area contributed by atoms with Crippen LogP contribution < -0.4 is 0 Å². The lowest BCUT2D eigenvalue weighted by Gasteiger charge is -2.51. The number of hydrogen-bond acceptors (Lipinski definition) is 4. The first-order valence-electron chi connectivity index (χ1n) is 15.7. The van der Waals surface area contributed by atoms with E-state index in [0.29, 0.717) is 50.7 Å². The van der Waals surface area contributed by atoms with E-state index in [1.165, 1.54) is 44.2 Å². The van der Waals surface area contributed by atoms with Gasteiger partial charge in [-0.3, -0.25) is 14.6 Å². The SMILES string of the molecule is CC(C)(C)N1CCC(C(=O)N2CCC(CN3C(=O)OCC3(C)C)(C3CCCCC3)CC2)[C@@H](c2ccc(F)cc2F)C1.Cl. The first-order chi connectivity index (χ1) is 19.3. The fraction of sp³-hybridized carbons (Fsp3) is 0.758. The van der Waals surface area contributed by atoms with Gasteiger partial charge in [0.2, 0.25) is 5.91 Å². The van der Waals surface area contributed by atoms with E-state index in [2.05, 4.69) is 39.5 Å². The van der Waals surface area contributed by atoms with E-state index in [-0.39, 0.29) is 52.7 Å². The molecule has 1 aromatic carbocycles. The second-order valence-corrected chi connectivity index (χ2v) is 14.8. The maximum absolute atomic E-state index is 15.1. The van der Waals surface area contributed by atoms with Crippen molar-refractivity contribution in [1.82, 2.24) is 14.7 Å². The highest BCUT2D eigenvalue weighted by atomic mass is 35.5. The molecule has 0 aromatic heterocycles. The van der Waals surface area contributed by atoms with Crippen LogP contribution in [0, 0.1) is 28.9 Å². The third-order valence-corrected chi connectivity index (χ3v) is 10.8. The smallest absolute Gasteiger partial charge is 0.410 e. The first kappa shape index (κ1) is 33.0. The number of carbonyl (C=O) groups excluding carboxylic acids is 2. The van der Waals surface area contributed by atoms with Gasteiger partial charge in [0.15, 0.2) is 0 Å². The van der Waals surface area contributed by atoms with Gasteiger partial charge >= 0.3 is 6.09 Å². The van der Waals surface area contributed by atoms with Gasteiger partial charge in [-0.2, -0.15) is 0 Å². The van der Waals surface area contributed by atoms with Crippen molar-refractivity contribution in [3.63, 3.8) is 0 Å². The molecule has 5 rings (SSSR count). The van der Waals surface area contributed by atoms with Gasteiger partial charge in [0.1, 0.15) is 18.2 Å². The number of ether oxygens (including phenoxy) is 1. The van der Waals surface area contributed by atoms with Gasteiger partial charge in [-0.1, -0.05) is 25.3 Å². The second kappa shape index (κ2) is 12.6. The van der Waals surface area contributed by atoms with Gasteiger partial charge < -0.3 is 9.64 Å². The molecular weight excluding hydrogens is 560 g/mol. The number of hydrogen-bond donors (Lipinski definition) is 0. The van der Waals surface area contributed by atoms with Gasteiger partial charge in [0.25, 0.3) is 0 Å². The van der Waals surface area contributed by atoms with Crippen LogP contribution in [0.15, 0.2) is 18.2 Å². The summed E-state index contributed by atoms with van der Waals surface area (Å²) in [4.78, 5) is 33.2. The molecule has 0 radical (unpaired) electrons. The Morgan fingerprint density at radius 3 is 2.26 bits per heavy atom. The number of nitrogens with zero attached hydrogens (tertiary/aromatic N) is 3. The lowest BCUT2D eigenvalue weighted by Crippen LogP contribution is -2.57. The lowest BCUT2D eigenvalue weighted by atomic mass is 9.63. The Morgan fingerprint density at radius 1 is 1.02 bits per heavy atom. The number of cyclic esters (lactones) is 1. The molecule has 0 N–H and O–H groups in total. The number of halogens is 3. The quantitative estimate of drug-likeness (QED) is 0.360. The van der Waals surface area contributed by atoms with E-state index >= 15 is 4.39 Å².